The number of aromatic amines is 1. The minimum absolute atomic E-state index is 0.0776. The zero-order valence-corrected chi connectivity index (χ0v) is 9.72. The molecule has 0 bridgehead atoms. The number of ketones is 1. The van der Waals surface area contributed by atoms with Crippen LogP contribution in [-0.4, -0.2) is 10.8 Å². The van der Waals surface area contributed by atoms with Crippen LogP contribution in [0.4, 0.5) is 0 Å². The first-order valence-electron chi connectivity index (χ1n) is 5.27. The number of carbonyl (C=O) groups is 1. The van der Waals surface area contributed by atoms with E-state index in [9.17, 15) is 4.79 Å². The fourth-order valence-corrected chi connectivity index (χ4v) is 1.44. The number of rotatable bonds is 1. The highest BCUT2D eigenvalue weighted by Gasteiger charge is 2.03. The summed E-state index contributed by atoms with van der Waals surface area (Å²) in [5, 5.41) is 1.10. The lowest BCUT2D eigenvalue weighted by molar-refractivity contribution is 0.101. The van der Waals surface area contributed by atoms with Gasteiger partial charge in [-0.3, -0.25) is 4.79 Å². The smallest absolute Gasteiger partial charge is 0.175 e. The Bertz CT molecular complexity index is 468. The normalized spacial score (nSPS) is 9.60. The molecule has 0 saturated carbocycles. The van der Waals surface area contributed by atoms with Crippen LogP contribution >= 0.6 is 0 Å². The minimum Gasteiger partial charge on any atom is -0.352 e. The van der Waals surface area contributed by atoms with Crippen LogP contribution in [0.15, 0.2) is 24.3 Å². The molecule has 15 heavy (non-hydrogen) atoms. The first-order valence-corrected chi connectivity index (χ1v) is 5.27. The number of carbonyl (C=O) groups excluding carboxylic acids is 1. The molecule has 0 atom stereocenters. The number of H-pyrrole nitrogens is 1. The molecule has 0 aliphatic heterocycles. The Kier molecular flexibility index (Phi) is 3.67. The number of fused-ring (bicyclic) bond motifs is 1. The van der Waals surface area contributed by atoms with Crippen molar-refractivity contribution in [3.8, 4) is 0 Å². The average Bonchev–Trinajstić information content (AvgIpc) is 2.63. The fourth-order valence-electron chi connectivity index (χ4n) is 1.44. The summed E-state index contributed by atoms with van der Waals surface area (Å²) in [5.41, 5.74) is 2.91. The predicted octanol–water partition coefficient (Wildman–Crippen LogP) is 3.71. The SMILES string of the molecule is CC.CC(=O)c1cc2cc(C)ccc2[nH]1. The van der Waals surface area contributed by atoms with Gasteiger partial charge in [0.15, 0.2) is 5.78 Å². The van der Waals surface area contributed by atoms with Crippen LogP contribution in [0.25, 0.3) is 10.9 Å². The molecule has 0 unspecified atom stereocenters. The van der Waals surface area contributed by atoms with Crippen LogP contribution in [0.1, 0.15) is 36.8 Å². The molecule has 2 aromatic rings. The summed E-state index contributed by atoms with van der Waals surface area (Å²) in [7, 11) is 0. The Balaban J connectivity index is 0.000000531. The van der Waals surface area contributed by atoms with Gasteiger partial charge in [-0.15, -0.1) is 0 Å². The molecule has 0 spiro atoms. The summed E-state index contributed by atoms with van der Waals surface area (Å²) >= 11 is 0. The summed E-state index contributed by atoms with van der Waals surface area (Å²) in [6.07, 6.45) is 0. The molecule has 0 radical (unpaired) electrons. The van der Waals surface area contributed by atoms with E-state index in [1.165, 1.54) is 5.56 Å². The van der Waals surface area contributed by atoms with Crippen LogP contribution in [0.5, 0.6) is 0 Å². The van der Waals surface area contributed by atoms with Gasteiger partial charge >= 0.3 is 0 Å². The van der Waals surface area contributed by atoms with Crippen molar-refractivity contribution < 1.29 is 4.79 Å². The molecule has 0 aliphatic rings. The molecule has 1 N–H and O–H groups in total. The summed E-state index contributed by atoms with van der Waals surface area (Å²) in [6, 6.07) is 7.99. The van der Waals surface area contributed by atoms with E-state index in [1.54, 1.807) is 6.92 Å². The number of aromatic nitrogens is 1. The molecule has 2 nitrogen and oxygen atoms in total. The standard InChI is InChI=1S/C11H11NO.C2H6/c1-7-3-4-10-9(5-7)6-11(12-10)8(2)13;1-2/h3-6,12H,1-2H3;1-2H3. The fraction of sp³-hybridized carbons (Fsp3) is 0.308. The zero-order valence-electron chi connectivity index (χ0n) is 9.72. The van der Waals surface area contributed by atoms with Gasteiger partial charge in [0.1, 0.15) is 0 Å². The third-order valence-corrected chi connectivity index (χ3v) is 2.16. The van der Waals surface area contributed by atoms with Crippen LogP contribution < -0.4 is 0 Å². The zero-order chi connectivity index (χ0) is 11.4. The van der Waals surface area contributed by atoms with E-state index in [2.05, 4.69) is 11.1 Å². The number of hydrogen-bond acceptors (Lipinski definition) is 1. The van der Waals surface area contributed by atoms with E-state index in [1.807, 2.05) is 39.0 Å². The lowest BCUT2D eigenvalue weighted by atomic mass is 10.2. The minimum atomic E-state index is 0.0776. The monoisotopic (exact) mass is 203 g/mol. The second-order valence-corrected chi connectivity index (χ2v) is 3.33. The molecule has 0 fully saturated rings. The molecule has 0 saturated heterocycles. The van der Waals surface area contributed by atoms with Crippen molar-refractivity contribution in [3.05, 3.63) is 35.5 Å². The van der Waals surface area contributed by atoms with E-state index in [0.29, 0.717) is 5.69 Å². The van der Waals surface area contributed by atoms with E-state index < -0.39 is 0 Å². The third kappa shape index (κ3) is 2.46. The van der Waals surface area contributed by atoms with Crippen LogP contribution in [0.2, 0.25) is 0 Å². The van der Waals surface area contributed by atoms with E-state index in [4.69, 9.17) is 0 Å². The highest BCUT2D eigenvalue weighted by Crippen LogP contribution is 2.16. The number of Topliss-reactive ketones (excluding diaryl/α,β-unsaturated/α-hetero) is 1. The summed E-state index contributed by atoms with van der Waals surface area (Å²) < 4.78 is 0. The maximum atomic E-state index is 11.1. The summed E-state index contributed by atoms with van der Waals surface area (Å²) in [6.45, 7) is 7.61. The Hall–Kier alpha value is -1.57. The Morgan fingerprint density at radius 2 is 1.87 bits per heavy atom. The third-order valence-electron chi connectivity index (χ3n) is 2.16. The second-order valence-electron chi connectivity index (χ2n) is 3.33. The number of nitrogens with one attached hydrogen (secondary N) is 1. The molecular formula is C13H17NO. The van der Waals surface area contributed by atoms with Crippen molar-refractivity contribution in [1.82, 2.24) is 4.98 Å². The van der Waals surface area contributed by atoms with Gasteiger partial charge in [0.2, 0.25) is 0 Å². The van der Waals surface area contributed by atoms with Gasteiger partial charge in [0, 0.05) is 17.8 Å². The Morgan fingerprint density at radius 3 is 2.47 bits per heavy atom. The topological polar surface area (TPSA) is 32.9 Å². The van der Waals surface area contributed by atoms with Gasteiger partial charge in [0.05, 0.1) is 5.69 Å². The molecule has 1 aromatic carbocycles. The van der Waals surface area contributed by atoms with Crippen molar-refractivity contribution in [2.75, 3.05) is 0 Å². The molecule has 2 rings (SSSR count). The van der Waals surface area contributed by atoms with Crippen molar-refractivity contribution in [2.45, 2.75) is 27.7 Å². The van der Waals surface area contributed by atoms with Gasteiger partial charge in [-0.1, -0.05) is 25.5 Å². The molecule has 1 aromatic heterocycles. The quantitative estimate of drug-likeness (QED) is 0.704. The highest BCUT2D eigenvalue weighted by atomic mass is 16.1. The van der Waals surface area contributed by atoms with Crippen molar-refractivity contribution in [1.29, 1.82) is 0 Å². The molecule has 1 heterocycles. The molecule has 0 aliphatic carbocycles. The number of hydrogen-bond donors (Lipinski definition) is 1. The summed E-state index contributed by atoms with van der Waals surface area (Å²) in [4.78, 5) is 14.1. The van der Waals surface area contributed by atoms with Gasteiger partial charge in [-0.25, -0.2) is 0 Å². The van der Waals surface area contributed by atoms with E-state index in [-0.39, 0.29) is 5.78 Å². The van der Waals surface area contributed by atoms with Crippen LogP contribution in [-0.2, 0) is 0 Å². The average molecular weight is 203 g/mol. The summed E-state index contributed by atoms with van der Waals surface area (Å²) in [5.74, 6) is 0.0776. The van der Waals surface area contributed by atoms with Gasteiger partial charge in [-0.2, -0.15) is 0 Å². The van der Waals surface area contributed by atoms with Crippen LogP contribution in [0.3, 0.4) is 0 Å². The number of aryl methyl sites for hydroxylation is 1. The lowest BCUT2D eigenvalue weighted by Crippen LogP contribution is -1.89. The molecular weight excluding hydrogens is 186 g/mol. The number of benzene rings is 1. The van der Waals surface area contributed by atoms with E-state index in [0.717, 1.165) is 10.9 Å². The van der Waals surface area contributed by atoms with E-state index >= 15 is 0 Å². The predicted molar refractivity (Wildman–Crippen MR) is 64.4 cm³/mol. The maximum Gasteiger partial charge on any atom is 0.175 e. The van der Waals surface area contributed by atoms with Gasteiger partial charge < -0.3 is 4.98 Å². The van der Waals surface area contributed by atoms with Crippen molar-refractivity contribution in [3.63, 3.8) is 0 Å². The maximum absolute atomic E-state index is 11.1. The first-order chi connectivity index (χ1) is 7.16. The van der Waals surface area contributed by atoms with Crippen molar-refractivity contribution in [2.24, 2.45) is 0 Å². The van der Waals surface area contributed by atoms with Crippen molar-refractivity contribution >= 4 is 16.7 Å². The van der Waals surface area contributed by atoms with Gasteiger partial charge in [-0.05, 0) is 25.1 Å². The Labute approximate surface area is 90.3 Å². The van der Waals surface area contributed by atoms with Gasteiger partial charge in [0.25, 0.3) is 0 Å². The second kappa shape index (κ2) is 4.78. The Morgan fingerprint density at radius 1 is 1.20 bits per heavy atom. The largest absolute Gasteiger partial charge is 0.352 e. The lowest BCUT2D eigenvalue weighted by Gasteiger charge is -1.90. The molecule has 80 valence electrons. The molecule has 0 amide bonds. The molecule has 2 heteroatoms. The highest BCUT2D eigenvalue weighted by molar-refractivity contribution is 5.97. The first kappa shape index (κ1) is 11.5. The van der Waals surface area contributed by atoms with Crippen LogP contribution in [0, 0.1) is 6.92 Å².